The summed E-state index contributed by atoms with van der Waals surface area (Å²) in [7, 11) is 0. The van der Waals surface area contributed by atoms with Gasteiger partial charge < -0.3 is 0 Å². The molecule has 3 nitrogen and oxygen atoms in total. The van der Waals surface area contributed by atoms with E-state index in [2.05, 4.69) is 0 Å². The molecular formula is C14H9F2NO2. The summed E-state index contributed by atoms with van der Waals surface area (Å²) >= 11 is 0. The first-order valence-electron chi connectivity index (χ1n) is 5.44. The van der Waals surface area contributed by atoms with Crippen molar-refractivity contribution in [2.45, 2.75) is 0 Å². The maximum absolute atomic E-state index is 12.8. The van der Waals surface area contributed by atoms with E-state index in [-0.39, 0.29) is 11.3 Å². The van der Waals surface area contributed by atoms with Crippen LogP contribution in [0.25, 0.3) is 11.8 Å². The second-order valence-corrected chi connectivity index (χ2v) is 3.85. The summed E-state index contributed by atoms with van der Waals surface area (Å²) in [5, 5.41) is 11.0. The minimum atomic E-state index is -0.559. The Balaban J connectivity index is 2.43. The molecule has 2 rings (SSSR count). The molecule has 0 aliphatic heterocycles. The van der Waals surface area contributed by atoms with Crippen LogP contribution in [-0.4, -0.2) is 4.92 Å². The summed E-state index contributed by atoms with van der Waals surface area (Å²) in [6, 6.07) is 10.3. The van der Waals surface area contributed by atoms with Crippen molar-refractivity contribution >= 4 is 11.8 Å². The Morgan fingerprint density at radius 3 is 1.89 bits per heavy atom. The second-order valence-electron chi connectivity index (χ2n) is 3.85. The fourth-order valence-corrected chi connectivity index (χ4v) is 1.58. The van der Waals surface area contributed by atoms with Crippen LogP contribution in [0.1, 0.15) is 11.1 Å². The van der Waals surface area contributed by atoms with Crippen molar-refractivity contribution in [3.63, 3.8) is 0 Å². The van der Waals surface area contributed by atoms with Crippen molar-refractivity contribution in [1.82, 2.24) is 0 Å². The Morgan fingerprint density at radius 1 is 0.947 bits per heavy atom. The Morgan fingerprint density at radius 2 is 1.42 bits per heavy atom. The molecule has 0 unspecified atom stereocenters. The van der Waals surface area contributed by atoms with Gasteiger partial charge in [-0.3, -0.25) is 10.1 Å². The van der Waals surface area contributed by atoms with E-state index in [1.54, 1.807) is 0 Å². The molecule has 96 valence electrons. The molecule has 2 aromatic carbocycles. The van der Waals surface area contributed by atoms with Crippen LogP contribution in [0.3, 0.4) is 0 Å². The zero-order valence-electron chi connectivity index (χ0n) is 9.72. The van der Waals surface area contributed by atoms with Gasteiger partial charge in [0.15, 0.2) is 0 Å². The molecule has 2 aromatic rings. The molecule has 0 aromatic heterocycles. The number of nitro groups is 1. The summed E-state index contributed by atoms with van der Waals surface area (Å²) in [5.74, 6) is -0.880. The average Bonchev–Trinajstić information content (AvgIpc) is 2.39. The summed E-state index contributed by atoms with van der Waals surface area (Å²) in [5.41, 5.74) is 0.611. The molecule has 0 N–H and O–H groups in total. The van der Waals surface area contributed by atoms with Gasteiger partial charge in [0.05, 0.1) is 10.5 Å². The number of hydrogen-bond donors (Lipinski definition) is 0. The zero-order valence-corrected chi connectivity index (χ0v) is 9.72. The van der Waals surface area contributed by atoms with E-state index in [0.717, 1.165) is 12.1 Å². The molecule has 0 bridgehead atoms. The molecule has 0 aliphatic rings. The SMILES string of the molecule is O=[N+]([O-])C(=Cc1ccc(F)cc1)c1ccc(F)cc1. The normalized spacial score (nSPS) is 11.4. The Bertz CT molecular complexity index is 619. The molecule has 0 heterocycles. The van der Waals surface area contributed by atoms with Gasteiger partial charge in [-0.15, -0.1) is 0 Å². The Kier molecular flexibility index (Phi) is 3.66. The highest BCUT2D eigenvalue weighted by molar-refractivity contribution is 5.76. The average molecular weight is 261 g/mol. The molecule has 0 radical (unpaired) electrons. The molecule has 0 saturated heterocycles. The maximum Gasteiger partial charge on any atom is 0.277 e. The molecule has 0 amide bonds. The molecule has 0 aliphatic carbocycles. The Labute approximate surface area is 108 Å². The van der Waals surface area contributed by atoms with Crippen molar-refractivity contribution in [3.8, 4) is 0 Å². The van der Waals surface area contributed by atoms with Crippen LogP contribution < -0.4 is 0 Å². The van der Waals surface area contributed by atoms with Crippen molar-refractivity contribution in [2.75, 3.05) is 0 Å². The first-order valence-corrected chi connectivity index (χ1v) is 5.44. The number of benzene rings is 2. The summed E-state index contributed by atoms with van der Waals surface area (Å²) < 4.78 is 25.5. The number of hydrogen-bond acceptors (Lipinski definition) is 2. The van der Waals surface area contributed by atoms with Crippen LogP contribution in [0, 0.1) is 21.7 Å². The third kappa shape index (κ3) is 3.22. The van der Waals surface area contributed by atoms with Gasteiger partial charge in [0.1, 0.15) is 11.6 Å². The molecule has 0 atom stereocenters. The topological polar surface area (TPSA) is 43.1 Å². The van der Waals surface area contributed by atoms with Gasteiger partial charge in [0, 0.05) is 6.08 Å². The van der Waals surface area contributed by atoms with Gasteiger partial charge in [-0.1, -0.05) is 12.1 Å². The Hall–Kier alpha value is -2.56. The smallest absolute Gasteiger partial charge is 0.258 e. The highest BCUT2D eigenvalue weighted by Crippen LogP contribution is 2.19. The molecule has 0 spiro atoms. The lowest BCUT2D eigenvalue weighted by Gasteiger charge is -1.99. The first kappa shape index (κ1) is 12.9. The second kappa shape index (κ2) is 5.39. The van der Waals surface area contributed by atoms with Gasteiger partial charge >= 0.3 is 0 Å². The van der Waals surface area contributed by atoms with Crippen LogP contribution >= 0.6 is 0 Å². The van der Waals surface area contributed by atoms with Crippen LogP contribution in [0.15, 0.2) is 48.5 Å². The highest BCUT2D eigenvalue weighted by atomic mass is 19.1. The largest absolute Gasteiger partial charge is 0.277 e. The summed E-state index contributed by atoms with van der Waals surface area (Å²) in [6.45, 7) is 0. The number of nitrogens with zero attached hydrogens (tertiary/aromatic N) is 1. The number of rotatable bonds is 3. The molecule has 0 saturated carbocycles. The highest BCUT2D eigenvalue weighted by Gasteiger charge is 2.14. The fourth-order valence-electron chi connectivity index (χ4n) is 1.58. The van der Waals surface area contributed by atoms with Crippen molar-refractivity contribution in [1.29, 1.82) is 0 Å². The van der Waals surface area contributed by atoms with E-state index in [0.29, 0.717) is 5.56 Å². The van der Waals surface area contributed by atoms with Crippen molar-refractivity contribution < 1.29 is 13.7 Å². The molecular weight excluding hydrogens is 252 g/mol. The maximum atomic E-state index is 12.8. The van der Waals surface area contributed by atoms with Gasteiger partial charge in [0.25, 0.3) is 5.70 Å². The van der Waals surface area contributed by atoms with Crippen LogP contribution in [0.4, 0.5) is 8.78 Å². The monoisotopic (exact) mass is 261 g/mol. The van der Waals surface area contributed by atoms with E-state index in [1.165, 1.54) is 42.5 Å². The molecule has 5 heteroatoms. The van der Waals surface area contributed by atoms with Gasteiger partial charge in [-0.2, -0.15) is 0 Å². The fraction of sp³-hybridized carbons (Fsp3) is 0. The third-order valence-corrected chi connectivity index (χ3v) is 2.51. The van der Waals surface area contributed by atoms with Gasteiger partial charge in [-0.25, -0.2) is 8.78 Å². The molecule has 19 heavy (non-hydrogen) atoms. The quantitative estimate of drug-likeness (QED) is 0.480. The van der Waals surface area contributed by atoms with Crippen LogP contribution in [-0.2, 0) is 0 Å². The van der Waals surface area contributed by atoms with Crippen LogP contribution in [0.2, 0.25) is 0 Å². The van der Waals surface area contributed by atoms with E-state index in [4.69, 9.17) is 0 Å². The van der Waals surface area contributed by atoms with Gasteiger partial charge in [-0.05, 0) is 42.0 Å². The predicted molar refractivity (Wildman–Crippen MR) is 67.7 cm³/mol. The summed E-state index contributed by atoms with van der Waals surface area (Å²) in [4.78, 5) is 10.5. The minimum Gasteiger partial charge on any atom is -0.258 e. The standard InChI is InChI=1S/C14H9F2NO2/c15-12-5-1-10(2-6-12)9-14(17(18)19)11-3-7-13(16)8-4-11/h1-9H. The van der Waals surface area contributed by atoms with E-state index in [9.17, 15) is 18.9 Å². The minimum absolute atomic E-state index is 0.174. The molecule has 0 fully saturated rings. The van der Waals surface area contributed by atoms with E-state index >= 15 is 0 Å². The lowest BCUT2D eigenvalue weighted by Crippen LogP contribution is -1.98. The van der Waals surface area contributed by atoms with Crippen molar-refractivity contribution in [2.24, 2.45) is 0 Å². The summed E-state index contributed by atoms with van der Waals surface area (Å²) in [6.07, 6.45) is 1.31. The lowest BCUT2D eigenvalue weighted by molar-refractivity contribution is -0.374. The zero-order chi connectivity index (χ0) is 13.8. The van der Waals surface area contributed by atoms with E-state index in [1.807, 2.05) is 0 Å². The van der Waals surface area contributed by atoms with Crippen molar-refractivity contribution in [3.05, 3.63) is 81.4 Å². The first-order chi connectivity index (χ1) is 9.06. The van der Waals surface area contributed by atoms with E-state index < -0.39 is 16.6 Å². The van der Waals surface area contributed by atoms with Gasteiger partial charge in [0.2, 0.25) is 0 Å². The third-order valence-electron chi connectivity index (χ3n) is 2.51. The van der Waals surface area contributed by atoms with Crippen LogP contribution in [0.5, 0.6) is 0 Å². The predicted octanol–water partition coefficient (Wildman–Crippen LogP) is 3.74. The number of halogens is 2. The lowest BCUT2D eigenvalue weighted by atomic mass is 10.1.